The summed E-state index contributed by atoms with van der Waals surface area (Å²) in [6.07, 6.45) is 3.52. The molecule has 1 aromatic carbocycles. The highest BCUT2D eigenvalue weighted by atomic mass is 79.9. The number of hydrogen-bond acceptors (Lipinski definition) is 5. The molecule has 1 heterocycles. The second-order valence-electron chi connectivity index (χ2n) is 11.3. The minimum absolute atomic E-state index is 0.0241. The maximum absolute atomic E-state index is 13.6. The van der Waals surface area contributed by atoms with Crippen molar-refractivity contribution in [2.24, 2.45) is 10.8 Å². The van der Waals surface area contributed by atoms with E-state index in [1.807, 2.05) is 45.9 Å². The molecule has 0 saturated heterocycles. The molecule has 35 heavy (non-hydrogen) atoms. The van der Waals surface area contributed by atoms with E-state index in [9.17, 15) is 19.5 Å². The molecule has 1 N–H and O–H groups in total. The summed E-state index contributed by atoms with van der Waals surface area (Å²) < 4.78 is 6.43. The van der Waals surface area contributed by atoms with Crippen LogP contribution in [0.2, 0.25) is 0 Å². The highest BCUT2D eigenvalue weighted by Gasteiger charge is 2.49. The van der Waals surface area contributed by atoms with Crippen molar-refractivity contribution in [1.29, 1.82) is 0 Å². The summed E-state index contributed by atoms with van der Waals surface area (Å²) in [4.78, 5) is 41.0. The Morgan fingerprint density at radius 2 is 1.63 bits per heavy atom. The second-order valence-corrected chi connectivity index (χ2v) is 12.2. The third-order valence-electron chi connectivity index (χ3n) is 6.96. The Balaban J connectivity index is 1.96. The van der Waals surface area contributed by atoms with Gasteiger partial charge in [0, 0.05) is 41.3 Å². The first kappa shape index (κ1) is 25.4. The number of carboxylic acid groups (broad SMARTS) is 1. The van der Waals surface area contributed by atoms with Gasteiger partial charge in [-0.2, -0.15) is 0 Å². The zero-order valence-electron chi connectivity index (χ0n) is 20.7. The van der Waals surface area contributed by atoms with E-state index in [0.29, 0.717) is 49.2 Å². The molecular weight excluding hydrogens is 510 g/mol. The van der Waals surface area contributed by atoms with Gasteiger partial charge in [-0.3, -0.25) is 14.4 Å². The fourth-order valence-corrected chi connectivity index (χ4v) is 6.18. The number of hydrogen-bond donors (Lipinski definition) is 1. The fraction of sp³-hybridized carbons (Fsp3) is 0.464. The van der Waals surface area contributed by atoms with Crippen LogP contribution in [0.3, 0.4) is 0 Å². The average molecular weight is 542 g/mol. The molecule has 0 unspecified atom stereocenters. The molecule has 0 atom stereocenters. The van der Waals surface area contributed by atoms with Gasteiger partial charge >= 0.3 is 5.97 Å². The fourth-order valence-electron chi connectivity index (χ4n) is 5.67. The third kappa shape index (κ3) is 4.88. The van der Waals surface area contributed by atoms with E-state index in [-0.39, 0.29) is 28.9 Å². The molecule has 3 aliphatic rings. The quantitative estimate of drug-likeness (QED) is 0.459. The molecular formula is C28H32BrNO5. The van der Waals surface area contributed by atoms with Crippen LogP contribution in [0.25, 0.3) is 0 Å². The third-order valence-corrected chi connectivity index (χ3v) is 7.58. The van der Waals surface area contributed by atoms with Crippen LogP contribution in [0.4, 0.5) is 0 Å². The number of allylic oxidation sites excluding steroid dienone is 4. The topological polar surface area (TPSA) is 83.9 Å². The Morgan fingerprint density at radius 1 is 1.09 bits per heavy atom. The smallest absolute Gasteiger partial charge is 0.323 e. The van der Waals surface area contributed by atoms with Crippen LogP contribution in [0.15, 0.2) is 57.9 Å². The van der Waals surface area contributed by atoms with Gasteiger partial charge in [0.25, 0.3) is 0 Å². The molecule has 0 spiro atoms. The summed E-state index contributed by atoms with van der Waals surface area (Å²) in [5.41, 5.74) is 2.82. The average Bonchev–Trinajstić information content (AvgIpc) is 2.72. The zero-order valence-corrected chi connectivity index (χ0v) is 22.3. The lowest BCUT2D eigenvalue weighted by molar-refractivity contribution is -0.138. The van der Waals surface area contributed by atoms with Crippen molar-refractivity contribution in [1.82, 2.24) is 4.90 Å². The van der Waals surface area contributed by atoms with Crippen LogP contribution in [0, 0.1) is 10.8 Å². The zero-order chi connectivity index (χ0) is 25.7. The highest BCUT2D eigenvalue weighted by Crippen LogP contribution is 2.54. The van der Waals surface area contributed by atoms with Gasteiger partial charge in [0.1, 0.15) is 18.9 Å². The van der Waals surface area contributed by atoms with Gasteiger partial charge in [0.2, 0.25) is 0 Å². The van der Waals surface area contributed by atoms with Gasteiger partial charge in [-0.15, -0.1) is 0 Å². The molecule has 4 rings (SSSR count). The summed E-state index contributed by atoms with van der Waals surface area (Å²) in [5, 5.41) is 9.78. The predicted octanol–water partition coefficient (Wildman–Crippen LogP) is 5.78. The van der Waals surface area contributed by atoms with Crippen molar-refractivity contribution in [2.45, 2.75) is 59.3 Å². The minimum atomic E-state index is -0.986. The van der Waals surface area contributed by atoms with Gasteiger partial charge in [-0.1, -0.05) is 46.4 Å². The number of ketones is 2. The van der Waals surface area contributed by atoms with Gasteiger partial charge in [0.15, 0.2) is 11.6 Å². The number of carbonyl (C=O) groups excluding carboxylic acids is 2. The predicted molar refractivity (Wildman–Crippen MR) is 137 cm³/mol. The number of benzene rings is 1. The summed E-state index contributed by atoms with van der Waals surface area (Å²) >= 11 is 3.58. The number of rotatable bonds is 6. The molecule has 0 radical (unpaired) electrons. The summed E-state index contributed by atoms with van der Waals surface area (Å²) in [5.74, 6) is -0.914. The van der Waals surface area contributed by atoms with E-state index in [0.717, 1.165) is 21.4 Å². The van der Waals surface area contributed by atoms with Crippen molar-refractivity contribution in [3.05, 3.63) is 63.4 Å². The monoisotopic (exact) mass is 541 g/mol. The SMILES string of the molecule is C=CCOc1ccc(C2C3=C(CC(C)(C)CC3=O)N(CC(=O)O)C3=C2C(=O)CC(C)(C)C3)cc1Br. The Hall–Kier alpha value is -2.67. The molecule has 2 aliphatic carbocycles. The maximum Gasteiger partial charge on any atom is 0.323 e. The highest BCUT2D eigenvalue weighted by molar-refractivity contribution is 9.10. The molecule has 0 fully saturated rings. The van der Waals surface area contributed by atoms with Crippen molar-refractivity contribution >= 4 is 33.5 Å². The Labute approximate surface area is 214 Å². The van der Waals surface area contributed by atoms with E-state index in [1.54, 1.807) is 11.0 Å². The molecule has 186 valence electrons. The second kappa shape index (κ2) is 9.08. The number of aliphatic carboxylic acids is 1. The first-order valence-electron chi connectivity index (χ1n) is 11.9. The Kier molecular flexibility index (Phi) is 6.60. The number of ether oxygens (including phenoxy) is 1. The summed E-state index contributed by atoms with van der Waals surface area (Å²) in [7, 11) is 0. The van der Waals surface area contributed by atoms with Gasteiger partial charge in [0.05, 0.1) is 4.47 Å². The molecule has 0 aromatic heterocycles. The van der Waals surface area contributed by atoms with Crippen LogP contribution in [-0.2, 0) is 14.4 Å². The molecule has 1 aromatic rings. The lowest BCUT2D eigenvalue weighted by Crippen LogP contribution is -2.45. The van der Waals surface area contributed by atoms with E-state index in [4.69, 9.17) is 4.74 Å². The van der Waals surface area contributed by atoms with Gasteiger partial charge < -0.3 is 14.7 Å². The number of carbonyl (C=O) groups is 3. The van der Waals surface area contributed by atoms with Gasteiger partial charge in [-0.25, -0.2) is 0 Å². The minimum Gasteiger partial charge on any atom is -0.488 e. The van der Waals surface area contributed by atoms with E-state index >= 15 is 0 Å². The standard InChI is InChI=1S/C28H32BrNO5/c1-6-9-35-22-8-7-16(10-17(22)29)24-25-18(11-27(2,3)13-20(25)31)30(15-23(33)34)19-12-28(4,5)14-21(32)26(19)24/h6-8,10,24H,1,9,11-15H2,2-5H3,(H,33,34). The molecule has 6 nitrogen and oxygen atoms in total. The number of nitrogens with zero attached hydrogens (tertiary/aromatic N) is 1. The number of carboxylic acids is 1. The van der Waals surface area contributed by atoms with Crippen LogP contribution in [0.1, 0.15) is 64.9 Å². The van der Waals surface area contributed by atoms with Gasteiger partial charge in [-0.05, 0) is 57.3 Å². The van der Waals surface area contributed by atoms with E-state index in [1.165, 1.54) is 0 Å². The Morgan fingerprint density at radius 3 is 2.09 bits per heavy atom. The van der Waals surface area contributed by atoms with E-state index in [2.05, 4.69) is 22.5 Å². The molecule has 0 saturated carbocycles. The van der Waals surface area contributed by atoms with Crippen molar-refractivity contribution in [2.75, 3.05) is 13.2 Å². The first-order chi connectivity index (χ1) is 16.3. The Bertz CT molecular complexity index is 1140. The number of halogens is 1. The molecule has 1 aliphatic heterocycles. The summed E-state index contributed by atoms with van der Waals surface area (Å²) in [6, 6.07) is 5.64. The van der Waals surface area contributed by atoms with Crippen LogP contribution in [0.5, 0.6) is 5.75 Å². The van der Waals surface area contributed by atoms with Crippen LogP contribution >= 0.6 is 15.9 Å². The lowest BCUT2D eigenvalue weighted by atomic mass is 9.63. The largest absolute Gasteiger partial charge is 0.488 e. The van der Waals surface area contributed by atoms with Crippen molar-refractivity contribution < 1.29 is 24.2 Å². The molecule has 0 bridgehead atoms. The van der Waals surface area contributed by atoms with Crippen molar-refractivity contribution in [3.8, 4) is 5.75 Å². The maximum atomic E-state index is 13.6. The van der Waals surface area contributed by atoms with Crippen LogP contribution < -0.4 is 4.74 Å². The molecule has 0 amide bonds. The van der Waals surface area contributed by atoms with Crippen molar-refractivity contribution in [3.63, 3.8) is 0 Å². The number of Topliss-reactive ketones (excluding diaryl/α,β-unsaturated/α-hetero) is 2. The summed E-state index contributed by atoms with van der Waals surface area (Å²) in [6.45, 7) is 11.9. The first-order valence-corrected chi connectivity index (χ1v) is 12.7. The lowest BCUT2D eigenvalue weighted by Gasteiger charge is -2.48. The normalized spacial score (nSPS) is 21.6. The van der Waals surface area contributed by atoms with Crippen LogP contribution in [-0.4, -0.2) is 40.7 Å². The molecule has 7 heteroatoms. The van der Waals surface area contributed by atoms with E-state index < -0.39 is 11.9 Å².